The zero-order chi connectivity index (χ0) is 17.3. The van der Waals surface area contributed by atoms with Gasteiger partial charge in [0.05, 0.1) is 23.1 Å². The summed E-state index contributed by atoms with van der Waals surface area (Å²) in [6, 6.07) is 9.39. The van der Waals surface area contributed by atoms with Crippen LogP contribution in [0.15, 0.2) is 47.1 Å². The van der Waals surface area contributed by atoms with Crippen molar-refractivity contribution >= 4 is 27.5 Å². The van der Waals surface area contributed by atoms with E-state index in [1.165, 1.54) is 18.2 Å². The average Bonchev–Trinajstić information content (AvgIpc) is 2.86. The van der Waals surface area contributed by atoms with E-state index in [2.05, 4.69) is 31.3 Å². The lowest BCUT2D eigenvalue weighted by Crippen LogP contribution is -2.13. The predicted molar refractivity (Wildman–Crippen MR) is 92.9 cm³/mol. The van der Waals surface area contributed by atoms with Gasteiger partial charge in [-0.25, -0.2) is 14.1 Å². The third-order valence-corrected chi connectivity index (χ3v) is 4.06. The third kappa shape index (κ3) is 3.35. The Balaban J connectivity index is 1.79. The summed E-state index contributed by atoms with van der Waals surface area (Å²) in [6.07, 6.45) is 1.56. The average molecular weight is 389 g/mol. The molecule has 1 aromatic carbocycles. The monoisotopic (exact) mass is 388 g/mol. The highest BCUT2D eigenvalue weighted by Crippen LogP contribution is 2.20. The maximum atomic E-state index is 13.1. The fourth-order valence-corrected chi connectivity index (χ4v) is 2.85. The maximum absolute atomic E-state index is 13.1. The van der Waals surface area contributed by atoms with Gasteiger partial charge in [0.15, 0.2) is 5.82 Å². The summed E-state index contributed by atoms with van der Waals surface area (Å²) in [7, 11) is 0. The number of carbonyl (C=O) groups is 1. The van der Waals surface area contributed by atoms with Gasteiger partial charge in [-0.1, -0.05) is 0 Å². The van der Waals surface area contributed by atoms with Gasteiger partial charge in [0, 0.05) is 10.2 Å². The number of rotatable bonds is 3. The van der Waals surface area contributed by atoms with Gasteiger partial charge >= 0.3 is 0 Å². The van der Waals surface area contributed by atoms with Crippen LogP contribution in [0.5, 0.6) is 0 Å². The zero-order valence-electron chi connectivity index (χ0n) is 13.0. The molecular weight excluding hydrogens is 375 g/mol. The summed E-state index contributed by atoms with van der Waals surface area (Å²) in [6.45, 7) is 3.86. The van der Waals surface area contributed by atoms with Crippen molar-refractivity contribution in [3.05, 3.63) is 69.8 Å². The highest BCUT2D eigenvalue weighted by molar-refractivity contribution is 9.10. The van der Waals surface area contributed by atoms with Gasteiger partial charge in [-0.15, -0.1) is 0 Å². The van der Waals surface area contributed by atoms with Crippen LogP contribution in [0, 0.1) is 19.7 Å². The molecule has 0 unspecified atom stereocenters. The van der Waals surface area contributed by atoms with E-state index in [1.807, 2.05) is 19.9 Å². The van der Waals surface area contributed by atoms with Crippen molar-refractivity contribution in [3.8, 4) is 5.82 Å². The summed E-state index contributed by atoms with van der Waals surface area (Å²) in [5.41, 5.74) is 2.78. The molecule has 0 saturated carbocycles. The standard InChI is InChI=1S/C17H14BrFN4O/c1-10-7-11(2)23(22-10)16-6-4-13(9-20-16)21-17(24)14-5-3-12(19)8-15(14)18/h3-9H,1-2H3,(H,21,24). The van der Waals surface area contributed by atoms with Crippen molar-refractivity contribution in [1.29, 1.82) is 0 Å². The second-order valence-electron chi connectivity index (χ2n) is 5.32. The van der Waals surface area contributed by atoms with Crippen molar-refractivity contribution in [3.63, 3.8) is 0 Å². The second-order valence-corrected chi connectivity index (χ2v) is 6.18. The Morgan fingerprint density at radius 3 is 2.58 bits per heavy atom. The number of carbonyl (C=O) groups excluding carboxylic acids is 1. The number of nitrogens with one attached hydrogen (secondary N) is 1. The Kier molecular flexibility index (Phi) is 4.44. The number of anilines is 1. The van der Waals surface area contributed by atoms with Gasteiger partial charge in [0.25, 0.3) is 5.91 Å². The van der Waals surface area contributed by atoms with Crippen molar-refractivity contribution < 1.29 is 9.18 Å². The normalized spacial score (nSPS) is 10.7. The number of pyridine rings is 1. The molecule has 2 heterocycles. The first-order chi connectivity index (χ1) is 11.4. The second kappa shape index (κ2) is 6.52. The molecule has 122 valence electrons. The van der Waals surface area contributed by atoms with Gasteiger partial charge in [-0.2, -0.15) is 5.10 Å². The van der Waals surface area contributed by atoms with Crippen LogP contribution in [0.2, 0.25) is 0 Å². The summed E-state index contributed by atoms with van der Waals surface area (Å²) in [5, 5.41) is 7.10. The molecule has 0 aliphatic carbocycles. The largest absolute Gasteiger partial charge is 0.321 e. The molecule has 24 heavy (non-hydrogen) atoms. The lowest BCUT2D eigenvalue weighted by Gasteiger charge is -2.08. The van der Waals surface area contributed by atoms with E-state index < -0.39 is 5.82 Å². The van der Waals surface area contributed by atoms with Crippen LogP contribution >= 0.6 is 15.9 Å². The van der Waals surface area contributed by atoms with Crippen LogP contribution in [-0.4, -0.2) is 20.7 Å². The minimum atomic E-state index is -0.408. The summed E-state index contributed by atoms with van der Waals surface area (Å²) in [5.74, 6) is -0.0848. The van der Waals surface area contributed by atoms with Crippen LogP contribution in [0.25, 0.3) is 5.82 Å². The number of hydrogen-bond acceptors (Lipinski definition) is 3. The maximum Gasteiger partial charge on any atom is 0.256 e. The minimum Gasteiger partial charge on any atom is -0.321 e. The van der Waals surface area contributed by atoms with Crippen LogP contribution in [0.3, 0.4) is 0 Å². The van der Waals surface area contributed by atoms with Gasteiger partial charge in [0.1, 0.15) is 5.82 Å². The van der Waals surface area contributed by atoms with Crippen molar-refractivity contribution in [2.45, 2.75) is 13.8 Å². The summed E-state index contributed by atoms with van der Waals surface area (Å²) in [4.78, 5) is 16.6. The fraction of sp³-hybridized carbons (Fsp3) is 0.118. The quantitative estimate of drug-likeness (QED) is 0.736. The van der Waals surface area contributed by atoms with Crippen LogP contribution in [-0.2, 0) is 0 Å². The first kappa shape index (κ1) is 16.3. The van der Waals surface area contributed by atoms with Crippen LogP contribution in [0.1, 0.15) is 21.7 Å². The van der Waals surface area contributed by atoms with Gasteiger partial charge < -0.3 is 5.32 Å². The fourth-order valence-electron chi connectivity index (χ4n) is 2.32. The van der Waals surface area contributed by atoms with E-state index in [-0.39, 0.29) is 5.91 Å². The third-order valence-electron chi connectivity index (χ3n) is 3.41. The van der Waals surface area contributed by atoms with Crippen LogP contribution in [0.4, 0.5) is 10.1 Å². The number of hydrogen-bond donors (Lipinski definition) is 1. The van der Waals surface area contributed by atoms with Gasteiger partial charge in [-0.3, -0.25) is 4.79 Å². The number of halogens is 2. The molecule has 0 aliphatic rings. The highest BCUT2D eigenvalue weighted by Gasteiger charge is 2.12. The summed E-state index contributed by atoms with van der Waals surface area (Å²) >= 11 is 3.19. The molecule has 0 atom stereocenters. The number of benzene rings is 1. The molecule has 3 aromatic rings. The molecule has 0 spiro atoms. The van der Waals surface area contributed by atoms with E-state index in [4.69, 9.17) is 0 Å². The predicted octanol–water partition coefficient (Wildman–Crippen LogP) is 4.04. The smallest absolute Gasteiger partial charge is 0.256 e. The first-order valence-electron chi connectivity index (χ1n) is 7.20. The van der Waals surface area contributed by atoms with Crippen molar-refractivity contribution in [2.24, 2.45) is 0 Å². The van der Waals surface area contributed by atoms with Crippen molar-refractivity contribution in [2.75, 3.05) is 5.32 Å². The number of aromatic nitrogens is 3. The molecule has 1 N–H and O–H groups in total. The molecule has 0 bridgehead atoms. The minimum absolute atomic E-state index is 0.345. The van der Waals surface area contributed by atoms with E-state index in [9.17, 15) is 9.18 Å². The SMILES string of the molecule is Cc1cc(C)n(-c2ccc(NC(=O)c3ccc(F)cc3Br)cn2)n1. The molecular formula is C17H14BrFN4O. The number of amides is 1. The molecule has 2 aromatic heterocycles. The topological polar surface area (TPSA) is 59.8 Å². The van der Waals surface area contributed by atoms with E-state index >= 15 is 0 Å². The van der Waals surface area contributed by atoms with Gasteiger partial charge in [0.2, 0.25) is 0 Å². The molecule has 5 nitrogen and oxygen atoms in total. The Labute approximate surface area is 146 Å². The molecule has 7 heteroatoms. The zero-order valence-corrected chi connectivity index (χ0v) is 14.6. The van der Waals surface area contributed by atoms with E-state index in [0.717, 1.165) is 11.4 Å². The Morgan fingerprint density at radius 2 is 2.00 bits per heavy atom. The molecule has 0 radical (unpaired) electrons. The highest BCUT2D eigenvalue weighted by atomic mass is 79.9. The lowest BCUT2D eigenvalue weighted by molar-refractivity contribution is 0.102. The molecule has 0 saturated heterocycles. The lowest BCUT2D eigenvalue weighted by atomic mass is 10.2. The van der Waals surface area contributed by atoms with E-state index in [0.29, 0.717) is 21.5 Å². The Morgan fingerprint density at radius 1 is 1.21 bits per heavy atom. The first-order valence-corrected chi connectivity index (χ1v) is 7.99. The molecule has 0 fully saturated rings. The Hall–Kier alpha value is -2.54. The number of aryl methyl sites for hydroxylation is 2. The number of nitrogens with zero attached hydrogens (tertiary/aromatic N) is 3. The molecule has 3 rings (SSSR count). The van der Waals surface area contributed by atoms with Crippen LogP contribution < -0.4 is 5.32 Å². The van der Waals surface area contributed by atoms with E-state index in [1.54, 1.807) is 23.0 Å². The molecule has 1 amide bonds. The van der Waals surface area contributed by atoms with Crippen molar-refractivity contribution in [1.82, 2.24) is 14.8 Å². The summed E-state index contributed by atoms with van der Waals surface area (Å²) < 4.78 is 15.2. The Bertz CT molecular complexity index is 905. The molecule has 0 aliphatic heterocycles. The van der Waals surface area contributed by atoms with Gasteiger partial charge in [-0.05, 0) is 66.2 Å².